The zero-order chi connectivity index (χ0) is 12.5. The second kappa shape index (κ2) is 4.98. The lowest BCUT2D eigenvalue weighted by molar-refractivity contribution is 0.454. The van der Waals surface area contributed by atoms with Crippen LogP contribution in [-0.4, -0.2) is 13.1 Å². The van der Waals surface area contributed by atoms with E-state index in [9.17, 15) is 4.39 Å². The highest BCUT2D eigenvalue weighted by Gasteiger charge is 2.22. The van der Waals surface area contributed by atoms with Gasteiger partial charge in [0.05, 0.1) is 0 Å². The molecule has 1 fully saturated rings. The van der Waals surface area contributed by atoms with Crippen molar-refractivity contribution in [1.82, 2.24) is 5.32 Å². The summed E-state index contributed by atoms with van der Waals surface area (Å²) in [5.41, 5.74) is 1.48. The van der Waals surface area contributed by atoms with Gasteiger partial charge in [0.1, 0.15) is 5.82 Å². The number of hydrogen-bond donors (Lipinski definition) is 0. The molecule has 1 aromatic carbocycles. The van der Waals surface area contributed by atoms with Gasteiger partial charge in [-0.05, 0) is 48.3 Å². The monoisotopic (exact) mass is 262 g/mol. The topological polar surface area (TPSA) is 14.1 Å². The van der Waals surface area contributed by atoms with Gasteiger partial charge in [-0.15, -0.1) is 11.3 Å². The van der Waals surface area contributed by atoms with Gasteiger partial charge in [0, 0.05) is 22.7 Å². The minimum atomic E-state index is -0.128. The van der Waals surface area contributed by atoms with E-state index in [0.29, 0.717) is 5.92 Å². The molecule has 3 heteroatoms. The molecular weight excluding hydrogens is 245 g/mol. The molecule has 0 spiro atoms. The summed E-state index contributed by atoms with van der Waals surface area (Å²) < 4.78 is 14.4. The van der Waals surface area contributed by atoms with Crippen LogP contribution in [0.15, 0.2) is 18.2 Å². The van der Waals surface area contributed by atoms with E-state index in [0.717, 1.165) is 37.1 Å². The smallest absolute Gasteiger partial charge is 0.124 e. The normalized spacial score (nSPS) is 17.4. The average molecular weight is 262 g/mol. The van der Waals surface area contributed by atoms with Crippen LogP contribution in [0.2, 0.25) is 0 Å². The van der Waals surface area contributed by atoms with Crippen LogP contribution in [0, 0.1) is 5.82 Å². The summed E-state index contributed by atoms with van der Waals surface area (Å²) in [6.07, 6.45) is 3.34. The molecule has 1 aliphatic heterocycles. The van der Waals surface area contributed by atoms with Crippen LogP contribution in [0.4, 0.5) is 4.39 Å². The molecule has 1 aliphatic rings. The summed E-state index contributed by atoms with van der Waals surface area (Å²) in [6, 6.07) is 5.22. The largest absolute Gasteiger partial charge is 0.242 e. The summed E-state index contributed by atoms with van der Waals surface area (Å²) >= 11 is 1.76. The predicted molar refractivity (Wildman–Crippen MR) is 75.0 cm³/mol. The molecule has 95 valence electrons. The Morgan fingerprint density at radius 1 is 1.33 bits per heavy atom. The third-order valence-electron chi connectivity index (χ3n) is 3.77. The van der Waals surface area contributed by atoms with Crippen LogP contribution >= 0.6 is 11.3 Å². The maximum absolute atomic E-state index is 13.3. The molecule has 0 N–H and O–H groups in total. The van der Waals surface area contributed by atoms with Gasteiger partial charge >= 0.3 is 0 Å². The average Bonchev–Trinajstić information content (AvgIpc) is 2.77. The first-order valence-electron chi connectivity index (χ1n) is 6.63. The lowest BCUT2D eigenvalue weighted by atomic mass is 9.88. The van der Waals surface area contributed by atoms with Crippen molar-refractivity contribution in [2.45, 2.75) is 32.1 Å². The maximum atomic E-state index is 13.3. The van der Waals surface area contributed by atoms with Crippen LogP contribution < -0.4 is 5.32 Å². The van der Waals surface area contributed by atoms with E-state index in [1.165, 1.54) is 15.8 Å². The Morgan fingerprint density at radius 2 is 2.11 bits per heavy atom. The fraction of sp³-hybridized carbons (Fsp3) is 0.467. The number of halogens is 1. The summed E-state index contributed by atoms with van der Waals surface area (Å²) in [4.78, 5) is 1.43. The second-order valence-electron chi connectivity index (χ2n) is 4.88. The Bertz CT molecular complexity index is 555. The van der Waals surface area contributed by atoms with Crippen molar-refractivity contribution >= 4 is 21.4 Å². The maximum Gasteiger partial charge on any atom is 0.124 e. The van der Waals surface area contributed by atoms with Gasteiger partial charge in [0.25, 0.3) is 0 Å². The molecule has 1 radical (unpaired) electrons. The molecule has 0 amide bonds. The number of fused-ring (bicyclic) bond motifs is 1. The highest BCUT2D eigenvalue weighted by molar-refractivity contribution is 7.19. The van der Waals surface area contributed by atoms with Crippen molar-refractivity contribution < 1.29 is 4.39 Å². The molecule has 1 nitrogen and oxygen atoms in total. The summed E-state index contributed by atoms with van der Waals surface area (Å²) in [5, 5.41) is 5.70. The van der Waals surface area contributed by atoms with Gasteiger partial charge in [-0.1, -0.05) is 13.0 Å². The molecule has 2 heterocycles. The molecule has 18 heavy (non-hydrogen) atoms. The Hall–Kier alpha value is -0.930. The molecule has 0 saturated carbocycles. The van der Waals surface area contributed by atoms with E-state index in [-0.39, 0.29) is 5.82 Å². The molecule has 0 atom stereocenters. The van der Waals surface area contributed by atoms with Crippen molar-refractivity contribution in [1.29, 1.82) is 0 Å². The fourth-order valence-electron chi connectivity index (χ4n) is 2.89. The van der Waals surface area contributed by atoms with Gasteiger partial charge in [-0.25, -0.2) is 9.71 Å². The van der Waals surface area contributed by atoms with Gasteiger partial charge in [-0.2, -0.15) is 0 Å². The van der Waals surface area contributed by atoms with Crippen LogP contribution in [0.5, 0.6) is 0 Å². The summed E-state index contributed by atoms with van der Waals surface area (Å²) in [5.74, 6) is 0.494. The molecule has 3 rings (SSSR count). The van der Waals surface area contributed by atoms with Gasteiger partial charge < -0.3 is 0 Å². The number of nitrogens with zero attached hydrogens (tertiary/aromatic N) is 1. The predicted octanol–water partition coefficient (Wildman–Crippen LogP) is 4.08. The second-order valence-corrected chi connectivity index (χ2v) is 6.01. The third kappa shape index (κ3) is 2.06. The Morgan fingerprint density at radius 3 is 2.83 bits per heavy atom. The molecule has 0 aliphatic carbocycles. The van der Waals surface area contributed by atoms with E-state index in [4.69, 9.17) is 0 Å². The molecule has 0 unspecified atom stereocenters. The van der Waals surface area contributed by atoms with E-state index in [2.05, 4.69) is 12.2 Å². The number of hydrogen-bond acceptors (Lipinski definition) is 1. The first-order chi connectivity index (χ1) is 8.79. The van der Waals surface area contributed by atoms with Crippen molar-refractivity contribution in [3.05, 3.63) is 34.5 Å². The van der Waals surface area contributed by atoms with Gasteiger partial charge in [0.2, 0.25) is 0 Å². The highest BCUT2D eigenvalue weighted by atomic mass is 32.1. The molecule has 0 bridgehead atoms. The first kappa shape index (κ1) is 12.1. The quantitative estimate of drug-likeness (QED) is 0.774. The zero-order valence-corrected chi connectivity index (χ0v) is 11.4. The molecule has 2 aromatic rings. The van der Waals surface area contributed by atoms with E-state index in [1.54, 1.807) is 23.5 Å². The number of aryl methyl sites for hydroxylation is 1. The van der Waals surface area contributed by atoms with Crippen LogP contribution in [0.1, 0.15) is 36.1 Å². The number of rotatable bonds is 2. The molecular formula is C15H17FNS. The van der Waals surface area contributed by atoms with Gasteiger partial charge in [-0.3, -0.25) is 0 Å². The van der Waals surface area contributed by atoms with Crippen LogP contribution in [0.3, 0.4) is 0 Å². The van der Waals surface area contributed by atoms with E-state index in [1.807, 2.05) is 6.07 Å². The molecule has 1 saturated heterocycles. The zero-order valence-electron chi connectivity index (χ0n) is 10.6. The standard InChI is InChI=1S/C15H17FNS/c1-2-13-15(10-5-7-17-8-6-10)12-4-3-11(16)9-14(12)18-13/h3-4,9-10H,2,5-8H2,1H3. The number of benzene rings is 1. The van der Waals surface area contributed by atoms with Crippen molar-refractivity contribution in [2.24, 2.45) is 0 Å². The Labute approximate surface area is 111 Å². The Balaban J connectivity index is 2.12. The van der Waals surface area contributed by atoms with Crippen LogP contribution in [0.25, 0.3) is 10.1 Å². The third-order valence-corrected chi connectivity index (χ3v) is 5.08. The number of thiophene rings is 1. The fourth-order valence-corrected chi connectivity index (χ4v) is 4.15. The minimum absolute atomic E-state index is 0.128. The first-order valence-corrected chi connectivity index (χ1v) is 7.45. The van der Waals surface area contributed by atoms with Crippen LogP contribution in [-0.2, 0) is 6.42 Å². The van der Waals surface area contributed by atoms with E-state index >= 15 is 0 Å². The van der Waals surface area contributed by atoms with Crippen molar-refractivity contribution in [3.63, 3.8) is 0 Å². The highest BCUT2D eigenvalue weighted by Crippen LogP contribution is 2.40. The Kier molecular flexibility index (Phi) is 3.35. The SMILES string of the molecule is CCc1sc2cc(F)ccc2c1C1CC[N]CC1. The van der Waals surface area contributed by atoms with Crippen molar-refractivity contribution in [2.75, 3.05) is 13.1 Å². The summed E-state index contributed by atoms with van der Waals surface area (Å²) in [7, 11) is 0. The lowest BCUT2D eigenvalue weighted by Crippen LogP contribution is -2.21. The lowest BCUT2D eigenvalue weighted by Gasteiger charge is -2.22. The van der Waals surface area contributed by atoms with E-state index < -0.39 is 0 Å². The number of piperidine rings is 1. The van der Waals surface area contributed by atoms with Crippen molar-refractivity contribution in [3.8, 4) is 0 Å². The summed E-state index contributed by atoms with van der Waals surface area (Å²) in [6.45, 7) is 4.15. The molecule has 1 aromatic heterocycles. The van der Waals surface area contributed by atoms with Gasteiger partial charge in [0.15, 0.2) is 0 Å². The minimum Gasteiger partial charge on any atom is -0.242 e.